The Kier molecular flexibility index (Phi) is 4.85. The van der Waals surface area contributed by atoms with Crippen LogP contribution in [0.4, 0.5) is 20.6 Å². The number of carbonyl (C=O) groups excluding carboxylic acids is 1. The smallest absolute Gasteiger partial charge is 0.414 e. The topological polar surface area (TPSA) is 88.3 Å². The summed E-state index contributed by atoms with van der Waals surface area (Å²) in [6.07, 6.45) is 1.27. The van der Waals surface area contributed by atoms with Gasteiger partial charge in [0.05, 0.1) is 24.0 Å². The predicted octanol–water partition coefficient (Wildman–Crippen LogP) is 2.18. The van der Waals surface area contributed by atoms with Crippen LogP contribution in [-0.2, 0) is 4.74 Å². The third kappa shape index (κ3) is 3.82. The van der Waals surface area contributed by atoms with E-state index in [0.717, 1.165) is 0 Å². The average Bonchev–Trinajstić information content (AvgIpc) is 3.30. The molecule has 27 heavy (non-hydrogen) atoms. The van der Waals surface area contributed by atoms with Crippen LogP contribution in [0.5, 0.6) is 5.88 Å². The molecule has 2 aromatic rings. The van der Waals surface area contributed by atoms with Crippen molar-refractivity contribution in [3.05, 3.63) is 36.3 Å². The first-order chi connectivity index (χ1) is 13.1. The lowest BCUT2D eigenvalue weighted by atomic mass is 10.1. The second kappa shape index (κ2) is 7.43. The van der Waals surface area contributed by atoms with E-state index in [1.807, 2.05) is 4.90 Å². The molecule has 0 bridgehead atoms. The van der Waals surface area contributed by atoms with Crippen molar-refractivity contribution >= 4 is 17.5 Å². The van der Waals surface area contributed by atoms with Crippen LogP contribution in [-0.4, -0.2) is 54.8 Å². The van der Waals surface area contributed by atoms with E-state index in [1.165, 1.54) is 17.2 Å². The number of aromatic nitrogens is 1. The van der Waals surface area contributed by atoms with Crippen molar-refractivity contribution in [1.29, 1.82) is 0 Å². The van der Waals surface area contributed by atoms with Crippen LogP contribution in [0.15, 0.2) is 35.1 Å². The summed E-state index contributed by atoms with van der Waals surface area (Å²) in [6, 6.07) is 6.26. The van der Waals surface area contributed by atoms with Gasteiger partial charge in [-0.2, -0.15) is 0 Å². The first kappa shape index (κ1) is 17.6. The molecule has 0 saturated carbocycles. The van der Waals surface area contributed by atoms with Gasteiger partial charge in [0.2, 0.25) is 0 Å². The molecule has 2 saturated heterocycles. The molecule has 8 nitrogen and oxygen atoms in total. The number of aliphatic hydroxyl groups is 1. The van der Waals surface area contributed by atoms with E-state index in [-0.39, 0.29) is 19.3 Å². The number of piperidine rings is 1. The third-order valence-electron chi connectivity index (χ3n) is 4.75. The normalized spacial score (nSPS) is 20.8. The SMILES string of the molecule is O=C1OC(COc2ccon2)CN1c1ccc(N2CCC(O)CC2)c(F)c1. The summed E-state index contributed by atoms with van der Waals surface area (Å²) in [6.45, 7) is 1.59. The van der Waals surface area contributed by atoms with E-state index in [1.54, 1.807) is 18.2 Å². The molecule has 1 aromatic carbocycles. The van der Waals surface area contributed by atoms with Crippen molar-refractivity contribution in [2.45, 2.75) is 25.0 Å². The lowest BCUT2D eigenvalue weighted by molar-refractivity contribution is 0.102. The summed E-state index contributed by atoms with van der Waals surface area (Å²) in [5, 5.41) is 13.2. The number of benzene rings is 1. The van der Waals surface area contributed by atoms with Gasteiger partial charge in [-0.25, -0.2) is 9.18 Å². The van der Waals surface area contributed by atoms with E-state index < -0.39 is 18.0 Å². The van der Waals surface area contributed by atoms with Crippen LogP contribution in [0.1, 0.15) is 12.8 Å². The second-order valence-corrected chi connectivity index (χ2v) is 6.62. The number of hydrogen-bond donors (Lipinski definition) is 1. The first-order valence-corrected chi connectivity index (χ1v) is 8.84. The lowest BCUT2D eigenvalue weighted by Crippen LogP contribution is -2.36. The number of carbonyl (C=O) groups is 1. The van der Waals surface area contributed by atoms with Crippen molar-refractivity contribution < 1.29 is 28.3 Å². The molecule has 0 radical (unpaired) electrons. The zero-order chi connectivity index (χ0) is 18.8. The van der Waals surface area contributed by atoms with E-state index >= 15 is 0 Å². The van der Waals surface area contributed by atoms with Gasteiger partial charge in [0.25, 0.3) is 5.88 Å². The predicted molar refractivity (Wildman–Crippen MR) is 93.5 cm³/mol. The molecule has 144 valence electrons. The van der Waals surface area contributed by atoms with Crippen molar-refractivity contribution in [3.63, 3.8) is 0 Å². The summed E-state index contributed by atoms with van der Waals surface area (Å²) in [5.74, 6) is -0.0921. The maximum atomic E-state index is 14.6. The van der Waals surface area contributed by atoms with Gasteiger partial charge in [-0.3, -0.25) is 4.90 Å². The highest BCUT2D eigenvalue weighted by atomic mass is 19.1. The Bertz CT molecular complexity index is 792. The maximum absolute atomic E-state index is 14.6. The summed E-state index contributed by atoms with van der Waals surface area (Å²) in [7, 11) is 0. The molecule has 2 aliphatic heterocycles. The average molecular weight is 377 g/mol. The fraction of sp³-hybridized carbons (Fsp3) is 0.444. The Hall–Kier alpha value is -2.81. The van der Waals surface area contributed by atoms with Crippen LogP contribution in [0.2, 0.25) is 0 Å². The summed E-state index contributed by atoms with van der Waals surface area (Å²) < 4.78 is 29.9. The van der Waals surface area contributed by atoms with Gasteiger partial charge in [0, 0.05) is 19.2 Å². The molecule has 0 spiro atoms. The lowest BCUT2D eigenvalue weighted by Gasteiger charge is -2.32. The van der Waals surface area contributed by atoms with E-state index in [0.29, 0.717) is 43.2 Å². The molecular formula is C18H20FN3O5. The van der Waals surface area contributed by atoms with Crippen LogP contribution in [0.3, 0.4) is 0 Å². The Balaban J connectivity index is 1.40. The highest BCUT2D eigenvalue weighted by Crippen LogP contribution is 2.29. The number of amides is 1. The number of nitrogens with zero attached hydrogens (tertiary/aromatic N) is 3. The van der Waals surface area contributed by atoms with Crippen LogP contribution >= 0.6 is 0 Å². The molecule has 1 aromatic heterocycles. The van der Waals surface area contributed by atoms with Gasteiger partial charge in [-0.15, -0.1) is 0 Å². The van der Waals surface area contributed by atoms with Crippen LogP contribution in [0.25, 0.3) is 0 Å². The quantitative estimate of drug-likeness (QED) is 0.854. The molecule has 1 atom stereocenters. The van der Waals surface area contributed by atoms with E-state index in [2.05, 4.69) is 9.68 Å². The molecule has 2 fully saturated rings. The number of ether oxygens (including phenoxy) is 2. The van der Waals surface area contributed by atoms with Crippen molar-refractivity contribution in [1.82, 2.24) is 5.16 Å². The largest absolute Gasteiger partial charge is 0.471 e. The van der Waals surface area contributed by atoms with Crippen LogP contribution < -0.4 is 14.5 Å². The maximum Gasteiger partial charge on any atom is 0.414 e. The minimum atomic E-state index is -0.544. The Morgan fingerprint density at radius 2 is 2.11 bits per heavy atom. The highest BCUT2D eigenvalue weighted by molar-refractivity contribution is 5.90. The zero-order valence-corrected chi connectivity index (χ0v) is 14.6. The number of hydrogen-bond acceptors (Lipinski definition) is 7. The molecule has 9 heteroatoms. The van der Waals surface area contributed by atoms with Gasteiger partial charge in [0.15, 0.2) is 6.10 Å². The van der Waals surface area contributed by atoms with Crippen molar-refractivity contribution in [2.24, 2.45) is 0 Å². The molecule has 2 aliphatic rings. The monoisotopic (exact) mass is 377 g/mol. The third-order valence-corrected chi connectivity index (χ3v) is 4.75. The first-order valence-electron chi connectivity index (χ1n) is 8.84. The van der Waals surface area contributed by atoms with Gasteiger partial charge in [-0.1, -0.05) is 0 Å². The fourth-order valence-electron chi connectivity index (χ4n) is 3.30. The van der Waals surface area contributed by atoms with Gasteiger partial charge in [0.1, 0.15) is 18.7 Å². The number of halogens is 1. The standard InChI is InChI=1S/C18H20FN3O5/c19-15-9-12(1-2-16(15)21-6-3-13(23)4-7-21)22-10-14(27-18(22)24)11-25-17-5-8-26-20-17/h1-2,5,8-9,13-14,23H,3-4,6-7,10-11H2. The summed E-state index contributed by atoms with van der Waals surface area (Å²) in [5.41, 5.74) is 0.909. The number of aliphatic hydroxyl groups excluding tert-OH is 1. The zero-order valence-electron chi connectivity index (χ0n) is 14.6. The fourth-order valence-corrected chi connectivity index (χ4v) is 3.30. The van der Waals surface area contributed by atoms with Crippen molar-refractivity contribution in [3.8, 4) is 5.88 Å². The molecule has 1 N–H and O–H groups in total. The van der Waals surface area contributed by atoms with E-state index in [9.17, 15) is 14.3 Å². The molecular weight excluding hydrogens is 357 g/mol. The van der Waals surface area contributed by atoms with Gasteiger partial charge >= 0.3 is 6.09 Å². The Labute approximate surface area is 155 Å². The van der Waals surface area contributed by atoms with Crippen LogP contribution in [0, 0.1) is 5.82 Å². The van der Waals surface area contributed by atoms with Crippen molar-refractivity contribution in [2.75, 3.05) is 36.0 Å². The molecule has 3 heterocycles. The minimum Gasteiger partial charge on any atom is -0.471 e. The minimum absolute atomic E-state index is 0.130. The second-order valence-electron chi connectivity index (χ2n) is 6.62. The molecule has 1 amide bonds. The van der Waals surface area contributed by atoms with Gasteiger partial charge < -0.3 is 24.0 Å². The highest BCUT2D eigenvalue weighted by Gasteiger charge is 2.33. The number of rotatable bonds is 5. The Morgan fingerprint density at radius 1 is 1.30 bits per heavy atom. The Morgan fingerprint density at radius 3 is 2.81 bits per heavy atom. The van der Waals surface area contributed by atoms with E-state index in [4.69, 9.17) is 9.47 Å². The summed E-state index contributed by atoms with van der Waals surface area (Å²) >= 11 is 0. The molecule has 1 unspecified atom stereocenters. The number of cyclic esters (lactones) is 1. The molecule has 4 rings (SSSR count). The van der Waals surface area contributed by atoms with Gasteiger partial charge in [-0.05, 0) is 36.2 Å². The number of anilines is 2. The summed E-state index contributed by atoms with van der Waals surface area (Å²) in [4.78, 5) is 15.4. The molecule has 0 aliphatic carbocycles.